The largest absolute Gasteiger partial charge is 0.496 e. The second-order valence-electron chi connectivity index (χ2n) is 7.09. The Morgan fingerprint density at radius 1 is 1.11 bits per heavy atom. The first-order valence-electron chi connectivity index (χ1n) is 9.34. The number of hydrogen-bond donors (Lipinski definition) is 0. The van der Waals surface area contributed by atoms with Crippen molar-refractivity contribution in [2.24, 2.45) is 5.92 Å². The number of carbonyl (C=O) groups is 1. The van der Waals surface area contributed by atoms with Crippen LogP contribution in [0.4, 0.5) is 4.39 Å². The van der Waals surface area contributed by atoms with E-state index in [9.17, 15) is 9.18 Å². The Hall–Kier alpha value is -2.66. The van der Waals surface area contributed by atoms with Crippen LogP contribution in [0.3, 0.4) is 0 Å². The Kier molecular flexibility index (Phi) is 5.44. The molecule has 2 unspecified atom stereocenters. The number of benzene rings is 2. The van der Waals surface area contributed by atoms with Crippen LogP contribution in [-0.4, -0.2) is 17.9 Å². The molecule has 0 spiro atoms. The van der Waals surface area contributed by atoms with Crippen molar-refractivity contribution in [2.75, 3.05) is 7.11 Å². The van der Waals surface area contributed by atoms with Crippen LogP contribution in [0, 0.1) is 11.7 Å². The van der Waals surface area contributed by atoms with Crippen molar-refractivity contribution in [3.05, 3.63) is 87.9 Å². The van der Waals surface area contributed by atoms with Crippen LogP contribution >= 0.6 is 11.3 Å². The van der Waals surface area contributed by atoms with Crippen molar-refractivity contribution in [1.29, 1.82) is 0 Å². The van der Waals surface area contributed by atoms with E-state index in [1.165, 1.54) is 12.1 Å². The lowest BCUT2D eigenvalue weighted by molar-refractivity contribution is -0.133. The Labute approximate surface area is 168 Å². The first-order chi connectivity index (χ1) is 13.7. The number of methoxy groups -OCH3 is 1. The van der Waals surface area contributed by atoms with Crippen LogP contribution < -0.4 is 4.74 Å². The zero-order chi connectivity index (χ0) is 19.5. The van der Waals surface area contributed by atoms with E-state index in [2.05, 4.69) is 6.07 Å². The summed E-state index contributed by atoms with van der Waals surface area (Å²) in [6, 6.07) is 18.4. The maximum Gasteiger partial charge on any atom is 0.226 e. The van der Waals surface area contributed by atoms with Gasteiger partial charge in [-0.25, -0.2) is 4.39 Å². The topological polar surface area (TPSA) is 29.5 Å². The van der Waals surface area contributed by atoms with Gasteiger partial charge in [0.1, 0.15) is 11.6 Å². The van der Waals surface area contributed by atoms with E-state index in [1.54, 1.807) is 30.6 Å². The number of nitrogens with zero attached hydrogens (tertiary/aromatic N) is 1. The molecule has 2 aromatic carbocycles. The molecule has 5 heteroatoms. The highest BCUT2D eigenvalue weighted by molar-refractivity contribution is 7.09. The maximum absolute atomic E-state index is 13.3. The molecule has 0 aliphatic heterocycles. The number of carbonyl (C=O) groups excluding carboxylic acids is 1. The van der Waals surface area contributed by atoms with Crippen LogP contribution in [0.25, 0.3) is 0 Å². The average Bonchev–Trinajstić information content (AvgIpc) is 3.35. The number of hydrogen-bond acceptors (Lipinski definition) is 3. The second kappa shape index (κ2) is 8.15. The van der Waals surface area contributed by atoms with Crippen LogP contribution in [-0.2, 0) is 17.9 Å². The Balaban J connectivity index is 1.53. The lowest BCUT2D eigenvalue weighted by Crippen LogP contribution is -2.31. The minimum Gasteiger partial charge on any atom is -0.496 e. The van der Waals surface area contributed by atoms with E-state index < -0.39 is 0 Å². The molecule has 1 heterocycles. The number of amides is 1. The highest BCUT2D eigenvalue weighted by Crippen LogP contribution is 2.48. The van der Waals surface area contributed by atoms with Gasteiger partial charge in [-0.15, -0.1) is 11.3 Å². The highest BCUT2D eigenvalue weighted by Gasteiger charge is 2.45. The molecular formula is C23H22FNO2S. The first kappa shape index (κ1) is 18.7. The Morgan fingerprint density at radius 3 is 2.61 bits per heavy atom. The Morgan fingerprint density at radius 2 is 1.89 bits per heavy atom. The van der Waals surface area contributed by atoms with Gasteiger partial charge >= 0.3 is 0 Å². The summed E-state index contributed by atoms with van der Waals surface area (Å²) in [5.74, 6) is 0.825. The molecule has 28 heavy (non-hydrogen) atoms. The summed E-state index contributed by atoms with van der Waals surface area (Å²) in [5, 5.41) is 2.03. The van der Waals surface area contributed by atoms with Crippen LogP contribution in [0.2, 0.25) is 0 Å². The molecule has 2 atom stereocenters. The van der Waals surface area contributed by atoms with Crippen molar-refractivity contribution >= 4 is 17.2 Å². The second-order valence-corrected chi connectivity index (χ2v) is 8.12. The Bertz CT molecular complexity index is 940. The predicted octanol–water partition coefficient (Wildman–Crippen LogP) is 5.23. The minimum absolute atomic E-state index is 0.0415. The molecule has 0 radical (unpaired) electrons. The number of para-hydroxylation sites is 1. The normalized spacial score (nSPS) is 17.9. The van der Waals surface area contributed by atoms with Crippen LogP contribution in [0.1, 0.15) is 28.3 Å². The number of halogens is 1. The summed E-state index contributed by atoms with van der Waals surface area (Å²) in [4.78, 5) is 16.4. The zero-order valence-electron chi connectivity index (χ0n) is 15.7. The molecule has 1 aromatic heterocycles. The van der Waals surface area contributed by atoms with Crippen molar-refractivity contribution in [3.63, 3.8) is 0 Å². The van der Waals surface area contributed by atoms with Gasteiger partial charge in [0.2, 0.25) is 5.91 Å². The van der Waals surface area contributed by atoms with Gasteiger partial charge in [0.25, 0.3) is 0 Å². The lowest BCUT2D eigenvalue weighted by Gasteiger charge is -2.23. The third-order valence-corrected chi connectivity index (χ3v) is 6.06. The van der Waals surface area contributed by atoms with Crippen LogP contribution in [0.15, 0.2) is 66.0 Å². The fourth-order valence-corrected chi connectivity index (χ4v) is 4.34. The molecule has 1 aliphatic carbocycles. The molecule has 1 amide bonds. The zero-order valence-corrected chi connectivity index (χ0v) is 16.5. The minimum atomic E-state index is -0.247. The van der Waals surface area contributed by atoms with Gasteiger partial charge in [-0.3, -0.25) is 4.79 Å². The molecule has 4 rings (SSSR count). The fraction of sp³-hybridized carbons (Fsp3) is 0.261. The SMILES string of the molecule is COc1ccccc1CN(Cc1cccs1)C(=O)C1CC1c1ccc(F)cc1. The van der Waals surface area contributed by atoms with E-state index in [0.29, 0.717) is 13.1 Å². The summed E-state index contributed by atoms with van der Waals surface area (Å²) < 4.78 is 18.7. The molecule has 0 N–H and O–H groups in total. The van der Waals surface area contributed by atoms with Gasteiger partial charge in [-0.2, -0.15) is 0 Å². The molecule has 144 valence electrons. The van der Waals surface area contributed by atoms with Gasteiger partial charge in [-0.05, 0) is 47.5 Å². The quantitative estimate of drug-likeness (QED) is 0.548. The molecule has 3 nitrogen and oxygen atoms in total. The standard InChI is InChI=1S/C23H22FNO2S/c1-27-22-7-3-2-5-17(22)14-25(15-19-6-4-12-28-19)23(26)21-13-20(21)16-8-10-18(24)11-9-16/h2-12,20-21H,13-15H2,1H3. The summed E-state index contributed by atoms with van der Waals surface area (Å²) >= 11 is 1.65. The van der Waals surface area contributed by atoms with Crippen molar-refractivity contribution in [2.45, 2.75) is 25.4 Å². The molecule has 0 saturated heterocycles. The highest BCUT2D eigenvalue weighted by atomic mass is 32.1. The lowest BCUT2D eigenvalue weighted by atomic mass is 10.1. The molecular weight excluding hydrogens is 373 g/mol. The maximum atomic E-state index is 13.3. The third-order valence-electron chi connectivity index (χ3n) is 5.20. The monoisotopic (exact) mass is 395 g/mol. The number of ether oxygens (including phenoxy) is 1. The van der Waals surface area contributed by atoms with Crippen molar-refractivity contribution < 1.29 is 13.9 Å². The molecule has 1 saturated carbocycles. The van der Waals surface area contributed by atoms with E-state index >= 15 is 0 Å². The van der Waals surface area contributed by atoms with Crippen molar-refractivity contribution in [1.82, 2.24) is 4.90 Å². The number of thiophene rings is 1. The van der Waals surface area contributed by atoms with Gasteiger partial charge in [0, 0.05) is 22.9 Å². The fourth-order valence-electron chi connectivity index (χ4n) is 3.62. The number of rotatable bonds is 7. The molecule has 1 fully saturated rings. The van der Waals surface area contributed by atoms with E-state index in [4.69, 9.17) is 4.74 Å². The first-order valence-corrected chi connectivity index (χ1v) is 10.2. The van der Waals surface area contributed by atoms with Gasteiger partial charge in [0.15, 0.2) is 0 Å². The average molecular weight is 395 g/mol. The van der Waals surface area contributed by atoms with Crippen molar-refractivity contribution in [3.8, 4) is 5.75 Å². The van der Waals surface area contributed by atoms with Gasteiger partial charge in [0.05, 0.1) is 13.7 Å². The van der Waals surface area contributed by atoms with E-state index in [0.717, 1.165) is 28.2 Å². The van der Waals surface area contributed by atoms with Gasteiger partial charge < -0.3 is 9.64 Å². The predicted molar refractivity (Wildman–Crippen MR) is 109 cm³/mol. The van der Waals surface area contributed by atoms with Crippen LogP contribution in [0.5, 0.6) is 5.75 Å². The third kappa shape index (κ3) is 4.09. The molecule has 1 aliphatic rings. The smallest absolute Gasteiger partial charge is 0.226 e. The molecule has 0 bridgehead atoms. The summed E-state index contributed by atoms with van der Waals surface area (Å²) in [6.45, 7) is 1.09. The summed E-state index contributed by atoms with van der Waals surface area (Å²) in [7, 11) is 1.65. The van der Waals surface area contributed by atoms with Gasteiger partial charge in [-0.1, -0.05) is 36.4 Å². The summed E-state index contributed by atoms with van der Waals surface area (Å²) in [5.41, 5.74) is 2.03. The van der Waals surface area contributed by atoms with E-state index in [1.807, 2.05) is 40.6 Å². The molecule has 3 aromatic rings. The van der Waals surface area contributed by atoms with E-state index in [-0.39, 0.29) is 23.6 Å². The summed E-state index contributed by atoms with van der Waals surface area (Å²) in [6.07, 6.45) is 0.817.